The molecular weight excluding hydrogens is 686 g/mol. The number of hydrazone groups is 1. The Balaban J connectivity index is 1.60. The van der Waals surface area contributed by atoms with E-state index in [-0.39, 0.29) is 11.7 Å². The number of carbonyl (C=O) groups is 1. The molecule has 0 aliphatic heterocycles. The topological polar surface area (TPSA) is 59.9 Å². The summed E-state index contributed by atoms with van der Waals surface area (Å²) in [4.78, 5) is 13.1. The Morgan fingerprint density at radius 2 is 1.82 bits per heavy atom. The van der Waals surface area contributed by atoms with E-state index in [1.54, 1.807) is 18.3 Å². The summed E-state index contributed by atoms with van der Waals surface area (Å²) in [5.41, 5.74) is 4.44. The molecule has 5 nitrogen and oxygen atoms in total. The Kier molecular flexibility index (Phi) is 10.6. The maximum Gasteiger partial charge on any atom is 0.250 e. The molecule has 0 saturated heterocycles. The van der Waals surface area contributed by atoms with Crippen LogP contribution in [0.25, 0.3) is 0 Å². The maximum absolute atomic E-state index is 12.1. The molecule has 3 rings (SSSR count). The van der Waals surface area contributed by atoms with E-state index in [0.717, 1.165) is 19.6 Å². The SMILES string of the molecule is CCOc1cc(/C=N\NC(=O)CSc2ccc(Cl)cc2)cc(I)c1OCc1ccc(I)cc1. The highest BCUT2D eigenvalue weighted by atomic mass is 127. The molecule has 0 saturated carbocycles. The van der Waals surface area contributed by atoms with Crippen LogP contribution < -0.4 is 14.9 Å². The third-order valence-electron chi connectivity index (χ3n) is 4.21. The van der Waals surface area contributed by atoms with Gasteiger partial charge in [0.25, 0.3) is 0 Å². The van der Waals surface area contributed by atoms with Gasteiger partial charge < -0.3 is 9.47 Å². The van der Waals surface area contributed by atoms with E-state index >= 15 is 0 Å². The Hall–Kier alpha value is -1.50. The number of benzene rings is 3. The zero-order chi connectivity index (χ0) is 23.6. The number of hydrogen-bond donors (Lipinski definition) is 1. The van der Waals surface area contributed by atoms with Crippen molar-refractivity contribution < 1.29 is 14.3 Å². The summed E-state index contributed by atoms with van der Waals surface area (Å²) in [5, 5.41) is 4.75. The fourth-order valence-corrected chi connectivity index (χ4v) is 4.65. The van der Waals surface area contributed by atoms with Crippen LogP contribution in [0.4, 0.5) is 0 Å². The number of halogens is 3. The lowest BCUT2D eigenvalue weighted by Gasteiger charge is -2.15. The van der Waals surface area contributed by atoms with E-state index in [1.165, 1.54) is 15.3 Å². The number of carbonyl (C=O) groups excluding carboxylic acids is 1. The average molecular weight is 707 g/mol. The van der Waals surface area contributed by atoms with Gasteiger partial charge in [-0.05, 0) is 112 Å². The van der Waals surface area contributed by atoms with E-state index in [9.17, 15) is 4.79 Å². The molecule has 0 aliphatic carbocycles. The molecule has 0 radical (unpaired) electrons. The van der Waals surface area contributed by atoms with Crippen LogP contribution in [-0.4, -0.2) is 24.5 Å². The number of hydrogen-bond acceptors (Lipinski definition) is 5. The van der Waals surface area contributed by atoms with Crippen molar-refractivity contribution in [2.24, 2.45) is 5.10 Å². The normalized spacial score (nSPS) is 10.9. The molecule has 9 heteroatoms. The predicted octanol–water partition coefficient (Wildman–Crippen LogP) is 6.77. The smallest absolute Gasteiger partial charge is 0.250 e. The molecule has 0 spiro atoms. The monoisotopic (exact) mass is 706 g/mol. The van der Waals surface area contributed by atoms with Gasteiger partial charge in [0.1, 0.15) is 6.61 Å². The van der Waals surface area contributed by atoms with Crippen LogP contribution in [0.2, 0.25) is 5.02 Å². The fraction of sp³-hybridized carbons (Fsp3) is 0.167. The van der Waals surface area contributed by atoms with Crippen molar-refractivity contribution in [1.29, 1.82) is 0 Å². The lowest BCUT2D eigenvalue weighted by molar-refractivity contribution is -0.118. The van der Waals surface area contributed by atoms with Gasteiger partial charge in [0.2, 0.25) is 5.91 Å². The maximum atomic E-state index is 12.1. The molecule has 3 aromatic carbocycles. The van der Waals surface area contributed by atoms with E-state index in [4.69, 9.17) is 21.1 Å². The second-order valence-electron chi connectivity index (χ2n) is 6.71. The van der Waals surface area contributed by atoms with Crippen LogP contribution in [0.15, 0.2) is 70.7 Å². The van der Waals surface area contributed by atoms with Crippen LogP contribution in [0.3, 0.4) is 0 Å². The highest BCUT2D eigenvalue weighted by Gasteiger charge is 2.12. The Labute approximate surface area is 229 Å². The van der Waals surface area contributed by atoms with Crippen molar-refractivity contribution in [2.75, 3.05) is 12.4 Å². The fourth-order valence-electron chi connectivity index (χ4n) is 2.69. The molecule has 1 amide bonds. The summed E-state index contributed by atoms with van der Waals surface area (Å²) in [7, 11) is 0. The highest BCUT2D eigenvalue weighted by Crippen LogP contribution is 2.34. The minimum atomic E-state index is -0.191. The van der Waals surface area contributed by atoms with Gasteiger partial charge in [-0.3, -0.25) is 4.79 Å². The van der Waals surface area contributed by atoms with Crippen LogP contribution in [0.5, 0.6) is 11.5 Å². The molecule has 0 unspecified atom stereocenters. The molecule has 3 aromatic rings. The van der Waals surface area contributed by atoms with Crippen molar-refractivity contribution >= 4 is 80.7 Å². The van der Waals surface area contributed by atoms with Gasteiger partial charge in [-0.2, -0.15) is 5.10 Å². The minimum absolute atomic E-state index is 0.191. The lowest BCUT2D eigenvalue weighted by atomic mass is 10.2. The van der Waals surface area contributed by atoms with Gasteiger partial charge in [0.05, 0.1) is 22.1 Å². The first kappa shape index (κ1) is 26.1. The van der Waals surface area contributed by atoms with Gasteiger partial charge in [-0.15, -0.1) is 11.8 Å². The van der Waals surface area contributed by atoms with Crippen LogP contribution in [-0.2, 0) is 11.4 Å². The first-order valence-corrected chi connectivity index (χ1v) is 13.5. The molecule has 1 N–H and O–H groups in total. The number of ether oxygens (including phenoxy) is 2. The third-order valence-corrected chi connectivity index (χ3v) is 7.00. The molecule has 0 heterocycles. The Morgan fingerprint density at radius 3 is 2.52 bits per heavy atom. The van der Waals surface area contributed by atoms with Gasteiger partial charge in [-0.1, -0.05) is 23.7 Å². The van der Waals surface area contributed by atoms with Crippen molar-refractivity contribution in [3.05, 3.63) is 84.0 Å². The molecule has 0 bridgehead atoms. The number of nitrogens with one attached hydrogen (secondary N) is 1. The first-order chi connectivity index (χ1) is 15.9. The summed E-state index contributed by atoms with van der Waals surface area (Å²) in [6.07, 6.45) is 1.60. The van der Waals surface area contributed by atoms with Crippen LogP contribution >= 0.6 is 68.5 Å². The zero-order valence-corrected chi connectivity index (χ0v) is 23.6. The minimum Gasteiger partial charge on any atom is -0.490 e. The van der Waals surface area contributed by atoms with Crippen molar-refractivity contribution in [3.63, 3.8) is 0 Å². The molecule has 0 fully saturated rings. The highest BCUT2D eigenvalue weighted by molar-refractivity contribution is 14.1. The molecule has 0 aliphatic rings. The third kappa shape index (κ3) is 8.66. The number of amides is 1. The second kappa shape index (κ2) is 13.4. The quantitative estimate of drug-likeness (QED) is 0.110. The second-order valence-corrected chi connectivity index (χ2v) is 10.6. The van der Waals surface area contributed by atoms with Gasteiger partial charge in [-0.25, -0.2) is 5.43 Å². The molecule has 172 valence electrons. The van der Waals surface area contributed by atoms with E-state index in [2.05, 4.69) is 67.8 Å². The summed E-state index contributed by atoms with van der Waals surface area (Å²) in [5.74, 6) is 1.40. The van der Waals surface area contributed by atoms with Crippen molar-refractivity contribution in [2.45, 2.75) is 18.4 Å². The largest absolute Gasteiger partial charge is 0.490 e. The molecule has 33 heavy (non-hydrogen) atoms. The van der Waals surface area contributed by atoms with Gasteiger partial charge in [0, 0.05) is 13.5 Å². The molecule has 0 atom stereocenters. The zero-order valence-electron chi connectivity index (χ0n) is 17.7. The van der Waals surface area contributed by atoms with Crippen molar-refractivity contribution in [3.8, 4) is 11.5 Å². The van der Waals surface area contributed by atoms with E-state index < -0.39 is 0 Å². The lowest BCUT2D eigenvalue weighted by Crippen LogP contribution is -2.19. The van der Waals surface area contributed by atoms with Crippen LogP contribution in [0.1, 0.15) is 18.1 Å². The number of rotatable bonds is 10. The van der Waals surface area contributed by atoms with Gasteiger partial charge >= 0.3 is 0 Å². The van der Waals surface area contributed by atoms with Crippen LogP contribution in [0, 0.1) is 7.14 Å². The Bertz CT molecular complexity index is 1110. The van der Waals surface area contributed by atoms with E-state index in [1.807, 2.05) is 43.3 Å². The number of thioether (sulfide) groups is 1. The average Bonchev–Trinajstić information content (AvgIpc) is 2.79. The standard InChI is InChI=1S/C24H21ClI2N2O3S/c1-2-31-22-12-17(11-21(27)24(22)32-14-16-3-7-19(26)8-4-16)13-28-29-23(30)15-33-20-9-5-18(25)6-10-20/h3-13H,2,14-15H2,1H3,(H,29,30)/b28-13-. The first-order valence-electron chi connectivity index (χ1n) is 9.98. The van der Waals surface area contributed by atoms with E-state index in [0.29, 0.717) is 29.7 Å². The van der Waals surface area contributed by atoms with Crippen molar-refractivity contribution in [1.82, 2.24) is 5.43 Å². The Morgan fingerprint density at radius 1 is 1.09 bits per heavy atom. The summed E-state index contributed by atoms with van der Waals surface area (Å²) in [6, 6.07) is 19.3. The number of nitrogens with zero attached hydrogens (tertiary/aromatic N) is 1. The summed E-state index contributed by atoms with van der Waals surface area (Å²) in [6.45, 7) is 2.88. The molecular formula is C24H21ClI2N2O3S. The molecule has 0 aromatic heterocycles. The summed E-state index contributed by atoms with van der Waals surface area (Å²) >= 11 is 11.8. The van der Waals surface area contributed by atoms with Gasteiger partial charge in [0.15, 0.2) is 11.5 Å². The summed E-state index contributed by atoms with van der Waals surface area (Å²) < 4.78 is 13.9. The predicted molar refractivity (Wildman–Crippen MR) is 152 cm³/mol.